The number of rotatable bonds is 5. The van der Waals surface area contributed by atoms with Gasteiger partial charge in [-0.2, -0.15) is 0 Å². The second kappa shape index (κ2) is 13.9. The van der Waals surface area contributed by atoms with Gasteiger partial charge in [0.15, 0.2) is 5.75 Å². The molecular weight excluding hydrogens is 779 g/mol. The van der Waals surface area contributed by atoms with E-state index in [1.807, 2.05) is 12.1 Å². The van der Waals surface area contributed by atoms with Crippen LogP contribution in [0.25, 0.3) is 88.3 Å². The van der Waals surface area contributed by atoms with Crippen molar-refractivity contribution in [3.63, 3.8) is 0 Å². The van der Waals surface area contributed by atoms with Crippen molar-refractivity contribution in [2.75, 3.05) is 4.90 Å². The first-order chi connectivity index (χ1) is 31.5. The zero-order valence-corrected chi connectivity index (χ0v) is 35.5. The SMILES string of the molecule is CC1(C)c2ccccc2-c2ccc(N(c3ccc(-c4cccc5c4oc4ccccc45)cc3)c3cccc4c3Oc3cc5ccccc5cc3-c3cc(-c5ccccc5)ccc3-4)cc21. The van der Waals surface area contributed by atoms with Crippen molar-refractivity contribution >= 4 is 49.8 Å². The lowest BCUT2D eigenvalue weighted by molar-refractivity contribution is 0.489. The summed E-state index contributed by atoms with van der Waals surface area (Å²) in [7, 11) is 0. The highest BCUT2D eigenvalue weighted by Crippen LogP contribution is 2.56. The van der Waals surface area contributed by atoms with Crippen molar-refractivity contribution in [3.8, 4) is 67.1 Å². The van der Waals surface area contributed by atoms with Crippen LogP contribution in [0.4, 0.5) is 17.1 Å². The molecule has 2 heterocycles. The van der Waals surface area contributed by atoms with E-state index in [9.17, 15) is 0 Å². The molecule has 0 saturated heterocycles. The van der Waals surface area contributed by atoms with E-state index in [0.29, 0.717) is 0 Å². The van der Waals surface area contributed by atoms with E-state index in [-0.39, 0.29) is 5.41 Å². The van der Waals surface area contributed by atoms with Crippen molar-refractivity contribution in [1.29, 1.82) is 0 Å². The number of fused-ring (bicyclic) bond motifs is 12. The summed E-state index contributed by atoms with van der Waals surface area (Å²) in [6.07, 6.45) is 0. The van der Waals surface area contributed by atoms with Gasteiger partial charge >= 0.3 is 0 Å². The molecule has 0 N–H and O–H groups in total. The van der Waals surface area contributed by atoms with Crippen molar-refractivity contribution in [2.45, 2.75) is 19.3 Å². The quantitative estimate of drug-likeness (QED) is 0.173. The molecule has 2 aliphatic rings. The van der Waals surface area contributed by atoms with Gasteiger partial charge in [0, 0.05) is 44.3 Å². The fourth-order valence-electron chi connectivity index (χ4n) is 10.5. The number of anilines is 3. The van der Waals surface area contributed by atoms with Crippen LogP contribution in [-0.4, -0.2) is 0 Å². The summed E-state index contributed by atoms with van der Waals surface area (Å²) in [4.78, 5) is 2.38. The molecule has 10 aromatic carbocycles. The maximum atomic E-state index is 7.39. The molecule has 302 valence electrons. The molecule has 0 spiro atoms. The Hall–Kier alpha value is -8.14. The van der Waals surface area contributed by atoms with E-state index in [4.69, 9.17) is 9.15 Å². The Morgan fingerprint density at radius 3 is 1.92 bits per heavy atom. The van der Waals surface area contributed by atoms with Gasteiger partial charge in [-0.15, -0.1) is 0 Å². The van der Waals surface area contributed by atoms with Crippen LogP contribution in [0.1, 0.15) is 25.0 Å². The Balaban J connectivity index is 1.03. The van der Waals surface area contributed by atoms with Crippen LogP contribution >= 0.6 is 0 Å². The Morgan fingerprint density at radius 1 is 0.391 bits per heavy atom. The van der Waals surface area contributed by atoms with E-state index >= 15 is 0 Å². The van der Waals surface area contributed by atoms with Crippen LogP contribution in [-0.2, 0) is 5.41 Å². The molecule has 3 nitrogen and oxygen atoms in total. The molecule has 0 amide bonds. The lowest BCUT2D eigenvalue weighted by Crippen LogP contribution is -2.17. The monoisotopic (exact) mass is 819 g/mol. The summed E-state index contributed by atoms with van der Waals surface area (Å²) < 4.78 is 13.9. The number of furan rings is 1. The average Bonchev–Trinajstić information content (AvgIpc) is 3.79. The van der Waals surface area contributed by atoms with Crippen molar-refractivity contribution in [2.24, 2.45) is 0 Å². The smallest absolute Gasteiger partial charge is 0.159 e. The predicted octanol–water partition coefficient (Wildman–Crippen LogP) is 17.3. The summed E-state index contributed by atoms with van der Waals surface area (Å²) in [6, 6.07) is 76.6. The second-order valence-corrected chi connectivity index (χ2v) is 17.6. The number of para-hydroxylation sites is 3. The van der Waals surface area contributed by atoms with Crippen LogP contribution in [0.2, 0.25) is 0 Å². The molecule has 1 aliphatic carbocycles. The molecule has 0 radical (unpaired) electrons. The van der Waals surface area contributed by atoms with Crippen molar-refractivity contribution < 1.29 is 9.15 Å². The lowest BCUT2D eigenvalue weighted by Gasteiger charge is -2.30. The Bertz CT molecular complexity index is 3670. The zero-order chi connectivity index (χ0) is 42.5. The molecule has 0 saturated carbocycles. The minimum Gasteiger partial charge on any atom is -0.455 e. The summed E-state index contributed by atoms with van der Waals surface area (Å²) >= 11 is 0. The number of nitrogens with zero attached hydrogens (tertiary/aromatic N) is 1. The van der Waals surface area contributed by atoms with Gasteiger partial charge in [0.1, 0.15) is 16.9 Å². The summed E-state index contributed by atoms with van der Waals surface area (Å²) in [6.45, 7) is 4.69. The standard InChI is InChI=1S/C61H41NO2/c1-61(2)54-23-10-8-18-47(54)48-33-31-44(37-55(48)61)62(43-29-26-39(27-30-43)45-20-12-21-51-49-19-9-11-25-57(49)63-59(45)51)56-24-13-22-50-46-32-28-42(38-14-4-3-5-15-38)34-52(46)53-35-40-16-6-7-17-41(40)36-58(53)64-60(50)56/h3-37H,1-2H3. The third kappa shape index (κ3) is 5.54. The van der Waals surface area contributed by atoms with Crippen LogP contribution in [0.15, 0.2) is 217 Å². The van der Waals surface area contributed by atoms with Gasteiger partial charge in [-0.3, -0.25) is 0 Å². The van der Waals surface area contributed by atoms with Crippen LogP contribution in [0.3, 0.4) is 0 Å². The first-order valence-electron chi connectivity index (χ1n) is 22.1. The number of hydrogen-bond donors (Lipinski definition) is 0. The number of benzene rings is 10. The summed E-state index contributed by atoms with van der Waals surface area (Å²) in [5.41, 5.74) is 18.8. The fourth-order valence-corrected chi connectivity index (χ4v) is 10.5. The highest BCUT2D eigenvalue weighted by Gasteiger charge is 2.36. The van der Waals surface area contributed by atoms with E-state index < -0.39 is 0 Å². The lowest BCUT2D eigenvalue weighted by atomic mass is 9.82. The van der Waals surface area contributed by atoms with Gasteiger partial charge in [0.25, 0.3) is 0 Å². The first-order valence-corrected chi connectivity index (χ1v) is 22.1. The fraction of sp³-hybridized carbons (Fsp3) is 0.0492. The molecule has 11 aromatic rings. The molecule has 0 unspecified atom stereocenters. The van der Waals surface area contributed by atoms with Gasteiger partial charge in [-0.05, 0) is 115 Å². The Morgan fingerprint density at radius 2 is 1.05 bits per heavy atom. The zero-order valence-electron chi connectivity index (χ0n) is 35.5. The molecule has 3 heteroatoms. The van der Waals surface area contributed by atoms with Gasteiger partial charge in [-0.25, -0.2) is 0 Å². The maximum absolute atomic E-state index is 7.39. The van der Waals surface area contributed by atoms with E-state index in [2.05, 4.69) is 219 Å². The van der Waals surface area contributed by atoms with E-state index in [1.54, 1.807) is 0 Å². The summed E-state index contributed by atoms with van der Waals surface area (Å²) in [5, 5.41) is 4.55. The highest BCUT2D eigenvalue weighted by molar-refractivity contribution is 6.09. The molecule has 1 aromatic heterocycles. The normalized spacial score (nSPS) is 13.1. The van der Waals surface area contributed by atoms with Gasteiger partial charge in [0.05, 0.1) is 5.69 Å². The van der Waals surface area contributed by atoms with Crippen LogP contribution in [0.5, 0.6) is 11.5 Å². The molecule has 13 rings (SSSR count). The molecule has 64 heavy (non-hydrogen) atoms. The van der Waals surface area contributed by atoms with E-state index in [0.717, 1.165) is 89.3 Å². The highest BCUT2D eigenvalue weighted by atomic mass is 16.5. The van der Waals surface area contributed by atoms with Gasteiger partial charge in [0.2, 0.25) is 0 Å². The average molecular weight is 820 g/mol. The Labute approximate surface area is 372 Å². The topological polar surface area (TPSA) is 25.6 Å². The third-order valence-electron chi connectivity index (χ3n) is 13.7. The number of hydrogen-bond acceptors (Lipinski definition) is 3. The van der Waals surface area contributed by atoms with Gasteiger partial charge < -0.3 is 14.1 Å². The van der Waals surface area contributed by atoms with E-state index in [1.165, 1.54) is 38.8 Å². The molecule has 0 fully saturated rings. The van der Waals surface area contributed by atoms with Crippen LogP contribution < -0.4 is 9.64 Å². The Kier molecular flexibility index (Phi) is 7.95. The van der Waals surface area contributed by atoms with Crippen molar-refractivity contribution in [3.05, 3.63) is 223 Å². The largest absolute Gasteiger partial charge is 0.455 e. The van der Waals surface area contributed by atoms with Crippen molar-refractivity contribution in [1.82, 2.24) is 0 Å². The minimum absolute atomic E-state index is 0.178. The molecular formula is C61H41NO2. The predicted molar refractivity (Wildman–Crippen MR) is 265 cm³/mol. The molecule has 1 aliphatic heterocycles. The molecule has 0 atom stereocenters. The molecule has 0 bridgehead atoms. The number of ether oxygens (including phenoxy) is 1. The van der Waals surface area contributed by atoms with Gasteiger partial charge in [-0.1, -0.05) is 172 Å². The maximum Gasteiger partial charge on any atom is 0.159 e. The minimum atomic E-state index is -0.178. The second-order valence-electron chi connectivity index (χ2n) is 17.6. The summed E-state index contributed by atoms with van der Waals surface area (Å²) in [5.74, 6) is 1.64. The first kappa shape index (κ1) is 36.5. The van der Waals surface area contributed by atoms with Crippen LogP contribution in [0, 0.1) is 0 Å². The third-order valence-corrected chi connectivity index (χ3v) is 13.7.